The van der Waals surface area contributed by atoms with Gasteiger partial charge < -0.3 is 19.7 Å². The Hall–Kier alpha value is -1.59. The fourth-order valence-corrected chi connectivity index (χ4v) is 2.50. The molecule has 0 atom stereocenters. The van der Waals surface area contributed by atoms with Crippen molar-refractivity contribution in [2.75, 3.05) is 50.2 Å². The van der Waals surface area contributed by atoms with Crippen molar-refractivity contribution >= 4 is 17.3 Å². The van der Waals surface area contributed by atoms with Gasteiger partial charge in [0.15, 0.2) is 0 Å². The maximum Gasteiger partial charge on any atom is 0.250 e. The van der Waals surface area contributed by atoms with Crippen LogP contribution in [0.2, 0.25) is 0 Å². The Balaban J connectivity index is 2.32. The summed E-state index contributed by atoms with van der Waals surface area (Å²) in [5.41, 5.74) is 3.11. The number of hydrogen-bond acceptors (Lipinski definition) is 4. The molecule has 0 unspecified atom stereocenters. The normalized spacial score (nSPS) is 15.7. The second-order valence-electron chi connectivity index (χ2n) is 6.56. The third-order valence-corrected chi connectivity index (χ3v) is 3.76. The van der Waals surface area contributed by atoms with Crippen LogP contribution >= 0.6 is 0 Å². The first-order valence-corrected chi connectivity index (χ1v) is 7.68. The molecule has 0 aromatic heterocycles. The zero-order valence-corrected chi connectivity index (χ0v) is 13.9. The third kappa shape index (κ3) is 4.21. The minimum absolute atomic E-state index is 0.0320. The molecule has 1 aliphatic heterocycles. The number of morpholine rings is 1. The van der Waals surface area contributed by atoms with E-state index >= 15 is 0 Å². The van der Waals surface area contributed by atoms with Crippen molar-refractivity contribution < 1.29 is 14.3 Å². The number of anilines is 2. The van der Waals surface area contributed by atoms with Crippen LogP contribution < -0.4 is 10.2 Å². The van der Waals surface area contributed by atoms with Crippen molar-refractivity contribution in [3.8, 4) is 0 Å². The lowest BCUT2D eigenvalue weighted by Gasteiger charge is -2.31. The average Bonchev–Trinajstić information content (AvgIpc) is 2.47. The number of amides is 1. The lowest BCUT2D eigenvalue weighted by molar-refractivity contribution is -0.119. The van der Waals surface area contributed by atoms with Crippen molar-refractivity contribution in [2.24, 2.45) is 0 Å². The molecule has 0 spiro atoms. The average molecular weight is 306 g/mol. The molecule has 1 heterocycles. The molecule has 1 aromatic carbocycles. The molecule has 1 amide bonds. The summed E-state index contributed by atoms with van der Waals surface area (Å²) >= 11 is 0. The zero-order valence-electron chi connectivity index (χ0n) is 13.9. The Morgan fingerprint density at radius 1 is 1.32 bits per heavy atom. The third-order valence-electron chi connectivity index (χ3n) is 3.76. The van der Waals surface area contributed by atoms with E-state index in [0.29, 0.717) is 13.2 Å². The number of ether oxygens (including phenoxy) is 2. The van der Waals surface area contributed by atoms with Crippen LogP contribution in [0.3, 0.4) is 0 Å². The van der Waals surface area contributed by atoms with Gasteiger partial charge in [-0.05, 0) is 23.1 Å². The van der Waals surface area contributed by atoms with E-state index < -0.39 is 0 Å². The summed E-state index contributed by atoms with van der Waals surface area (Å²) in [6, 6.07) is 6.30. The maximum atomic E-state index is 11.9. The van der Waals surface area contributed by atoms with Crippen LogP contribution in [0, 0.1) is 0 Å². The molecule has 0 bridgehead atoms. The molecular weight excluding hydrogens is 280 g/mol. The van der Waals surface area contributed by atoms with E-state index in [4.69, 9.17) is 9.47 Å². The molecule has 1 aromatic rings. The Kier molecular flexibility index (Phi) is 5.42. The quantitative estimate of drug-likeness (QED) is 0.928. The summed E-state index contributed by atoms with van der Waals surface area (Å²) in [7, 11) is 1.52. The van der Waals surface area contributed by atoms with Crippen LogP contribution in [0.4, 0.5) is 11.4 Å². The van der Waals surface area contributed by atoms with Crippen molar-refractivity contribution in [1.82, 2.24) is 0 Å². The lowest BCUT2D eigenvalue weighted by atomic mass is 9.86. The van der Waals surface area contributed by atoms with Crippen LogP contribution in [0.25, 0.3) is 0 Å². The van der Waals surface area contributed by atoms with Gasteiger partial charge in [-0.25, -0.2) is 0 Å². The maximum absolute atomic E-state index is 11.9. The molecule has 1 aliphatic rings. The standard InChI is InChI=1S/C17H26N2O3/c1-17(2,3)13-5-6-15(19-7-9-22-10-8-19)14(11-13)18-16(20)12-21-4/h5-6,11H,7-10,12H2,1-4H3,(H,18,20). The van der Waals surface area contributed by atoms with Crippen LogP contribution in [-0.2, 0) is 19.7 Å². The SMILES string of the molecule is COCC(=O)Nc1cc(C(C)(C)C)ccc1N1CCOCC1. The van der Waals surface area contributed by atoms with Gasteiger partial charge in [0.05, 0.1) is 24.6 Å². The lowest BCUT2D eigenvalue weighted by Crippen LogP contribution is -2.37. The largest absolute Gasteiger partial charge is 0.378 e. The van der Waals surface area contributed by atoms with Gasteiger partial charge in [0.1, 0.15) is 6.61 Å². The van der Waals surface area contributed by atoms with E-state index in [9.17, 15) is 4.79 Å². The number of nitrogens with one attached hydrogen (secondary N) is 1. The van der Waals surface area contributed by atoms with Crippen molar-refractivity contribution in [3.63, 3.8) is 0 Å². The van der Waals surface area contributed by atoms with Crippen molar-refractivity contribution in [1.29, 1.82) is 0 Å². The first kappa shape index (κ1) is 16.8. The van der Waals surface area contributed by atoms with E-state index in [0.717, 1.165) is 24.5 Å². The van der Waals surface area contributed by atoms with Crippen molar-refractivity contribution in [3.05, 3.63) is 23.8 Å². The molecule has 1 saturated heterocycles. The van der Waals surface area contributed by atoms with E-state index in [-0.39, 0.29) is 17.9 Å². The fourth-order valence-electron chi connectivity index (χ4n) is 2.50. The molecule has 0 radical (unpaired) electrons. The highest BCUT2D eigenvalue weighted by Crippen LogP contribution is 2.32. The number of benzene rings is 1. The van der Waals surface area contributed by atoms with Crippen LogP contribution in [0.15, 0.2) is 18.2 Å². The molecule has 122 valence electrons. The Labute approximate surface area is 132 Å². The van der Waals surface area contributed by atoms with Crippen LogP contribution in [0.1, 0.15) is 26.3 Å². The second-order valence-corrected chi connectivity index (χ2v) is 6.56. The Morgan fingerprint density at radius 3 is 2.59 bits per heavy atom. The number of hydrogen-bond donors (Lipinski definition) is 1. The summed E-state index contributed by atoms with van der Waals surface area (Å²) in [5, 5.41) is 2.97. The second kappa shape index (κ2) is 7.11. The van der Waals surface area contributed by atoms with Gasteiger partial charge in [0.2, 0.25) is 5.91 Å². The van der Waals surface area contributed by atoms with Gasteiger partial charge in [-0.15, -0.1) is 0 Å². The van der Waals surface area contributed by atoms with Gasteiger partial charge in [-0.1, -0.05) is 26.8 Å². The van der Waals surface area contributed by atoms with Crippen molar-refractivity contribution in [2.45, 2.75) is 26.2 Å². The van der Waals surface area contributed by atoms with E-state index in [1.807, 2.05) is 0 Å². The zero-order chi connectivity index (χ0) is 16.2. The molecule has 1 N–H and O–H groups in total. The van der Waals surface area contributed by atoms with Gasteiger partial charge in [-0.3, -0.25) is 4.79 Å². The minimum Gasteiger partial charge on any atom is -0.378 e. The number of rotatable bonds is 4. The molecular formula is C17H26N2O3. The monoisotopic (exact) mass is 306 g/mol. The predicted molar refractivity (Wildman–Crippen MR) is 88.7 cm³/mol. The number of carbonyl (C=O) groups excluding carboxylic acids is 1. The molecule has 5 heteroatoms. The molecule has 5 nitrogen and oxygen atoms in total. The van der Waals surface area contributed by atoms with Crippen LogP contribution in [-0.4, -0.2) is 45.9 Å². The Bertz CT molecular complexity index is 517. The summed E-state index contributed by atoms with van der Waals surface area (Å²) in [6.45, 7) is 9.65. The highest BCUT2D eigenvalue weighted by atomic mass is 16.5. The molecule has 1 fully saturated rings. The van der Waals surface area contributed by atoms with Crippen LogP contribution in [0.5, 0.6) is 0 Å². The highest BCUT2D eigenvalue weighted by Gasteiger charge is 2.20. The summed E-state index contributed by atoms with van der Waals surface area (Å²) in [4.78, 5) is 14.2. The molecule has 0 aliphatic carbocycles. The summed E-state index contributed by atoms with van der Waals surface area (Å²) in [6.07, 6.45) is 0. The molecule has 2 rings (SSSR count). The van der Waals surface area contributed by atoms with Gasteiger partial charge in [0.25, 0.3) is 0 Å². The number of methoxy groups -OCH3 is 1. The number of nitrogens with zero attached hydrogens (tertiary/aromatic N) is 1. The van der Waals surface area contributed by atoms with E-state index in [1.165, 1.54) is 12.7 Å². The predicted octanol–water partition coefficient (Wildman–Crippen LogP) is 2.41. The van der Waals surface area contributed by atoms with Gasteiger partial charge >= 0.3 is 0 Å². The first-order valence-electron chi connectivity index (χ1n) is 7.68. The fraction of sp³-hybridized carbons (Fsp3) is 0.588. The number of carbonyl (C=O) groups is 1. The Morgan fingerprint density at radius 2 is 2.00 bits per heavy atom. The molecule has 22 heavy (non-hydrogen) atoms. The first-order chi connectivity index (χ1) is 10.4. The summed E-state index contributed by atoms with van der Waals surface area (Å²) < 4.78 is 10.3. The topological polar surface area (TPSA) is 50.8 Å². The molecule has 0 saturated carbocycles. The smallest absolute Gasteiger partial charge is 0.250 e. The highest BCUT2D eigenvalue weighted by molar-refractivity contribution is 5.95. The van der Waals surface area contributed by atoms with Gasteiger partial charge in [-0.2, -0.15) is 0 Å². The van der Waals surface area contributed by atoms with E-state index in [1.54, 1.807) is 0 Å². The minimum atomic E-state index is -0.136. The van der Waals surface area contributed by atoms with E-state index in [2.05, 4.69) is 49.2 Å². The van der Waals surface area contributed by atoms with Gasteiger partial charge in [0, 0.05) is 20.2 Å². The summed E-state index contributed by atoms with van der Waals surface area (Å²) in [5.74, 6) is -0.136.